The number of amides is 1. The molecule has 2 N–H and O–H groups in total. The molecule has 0 saturated carbocycles. The molecular weight excluding hydrogens is 482 g/mol. The van der Waals surface area contributed by atoms with Crippen LogP contribution in [-0.4, -0.2) is 57.4 Å². The van der Waals surface area contributed by atoms with Crippen LogP contribution in [-0.2, 0) is 14.8 Å². The first-order chi connectivity index (χ1) is 17.5. The molecule has 36 heavy (non-hydrogen) atoms. The summed E-state index contributed by atoms with van der Waals surface area (Å²) in [7, 11) is -3.84. The van der Waals surface area contributed by atoms with Gasteiger partial charge in [-0.1, -0.05) is 0 Å². The molecule has 1 amide bonds. The molecule has 1 aromatic carbocycles. The minimum atomic E-state index is -3.84. The third kappa shape index (κ3) is 5.30. The number of benzene rings is 1. The molecule has 1 aliphatic heterocycles. The predicted molar refractivity (Wildman–Crippen MR) is 132 cm³/mol. The van der Waals surface area contributed by atoms with E-state index in [-0.39, 0.29) is 22.7 Å². The maximum atomic E-state index is 12.8. The van der Waals surface area contributed by atoms with Crippen LogP contribution in [0, 0.1) is 5.92 Å². The molecule has 0 unspecified atom stereocenters. The topological polar surface area (TPSA) is 148 Å². The zero-order chi connectivity index (χ0) is 25.0. The van der Waals surface area contributed by atoms with Gasteiger partial charge in [0, 0.05) is 49.5 Å². The lowest BCUT2D eigenvalue weighted by molar-refractivity contribution is -0.120. The summed E-state index contributed by atoms with van der Waals surface area (Å²) >= 11 is 0. The van der Waals surface area contributed by atoms with E-state index < -0.39 is 10.0 Å². The summed E-state index contributed by atoms with van der Waals surface area (Å²) in [6.07, 6.45) is 7.71. The summed E-state index contributed by atoms with van der Waals surface area (Å²) in [4.78, 5) is 22.7. The fourth-order valence-corrected chi connectivity index (χ4v) is 4.83. The summed E-state index contributed by atoms with van der Waals surface area (Å²) in [5, 5.41) is 15.6. The van der Waals surface area contributed by atoms with Crippen LogP contribution in [0.5, 0.6) is 0 Å². The number of nitrogens with zero attached hydrogens (tertiary/aromatic N) is 7. The maximum absolute atomic E-state index is 12.8. The molecule has 5 rings (SSSR count). The minimum Gasteiger partial charge on any atom is -0.355 e. The summed E-state index contributed by atoms with van der Waals surface area (Å²) in [6.45, 7) is 1.36. The molecule has 13 heteroatoms. The minimum absolute atomic E-state index is 0.0129. The summed E-state index contributed by atoms with van der Waals surface area (Å²) in [5.41, 5.74) is 0.525. The Labute approximate surface area is 207 Å². The molecule has 0 bridgehead atoms. The number of anilines is 3. The molecule has 0 aliphatic carbocycles. The monoisotopic (exact) mass is 505 g/mol. The van der Waals surface area contributed by atoms with Crippen molar-refractivity contribution in [3.05, 3.63) is 73.3 Å². The van der Waals surface area contributed by atoms with E-state index in [1.165, 1.54) is 24.5 Å². The van der Waals surface area contributed by atoms with Crippen molar-refractivity contribution in [2.24, 2.45) is 5.92 Å². The highest BCUT2D eigenvalue weighted by molar-refractivity contribution is 7.92. The Hall–Kier alpha value is -4.39. The molecule has 3 aromatic heterocycles. The number of nitrogens with one attached hydrogen (secondary N) is 2. The van der Waals surface area contributed by atoms with Crippen LogP contribution in [0.4, 0.5) is 17.5 Å². The first-order valence-corrected chi connectivity index (χ1v) is 12.8. The van der Waals surface area contributed by atoms with E-state index in [0.717, 1.165) is 5.82 Å². The van der Waals surface area contributed by atoms with E-state index in [1.54, 1.807) is 35.3 Å². The van der Waals surface area contributed by atoms with Crippen molar-refractivity contribution in [3.63, 3.8) is 0 Å². The van der Waals surface area contributed by atoms with Crippen molar-refractivity contribution in [2.75, 3.05) is 28.0 Å². The van der Waals surface area contributed by atoms with Crippen molar-refractivity contribution in [1.82, 2.24) is 29.9 Å². The van der Waals surface area contributed by atoms with Crippen molar-refractivity contribution in [3.8, 4) is 5.82 Å². The summed E-state index contributed by atoms with van der Waals surface area (Å²) in [6, 6.07) is 13.1. The second kappa shape index (κ2) is 10.1. The van der Waals surface area contributed by atoms with Crippen LogP contribution in [0.2, 0.25) is 0 Å². The van der Waals surface area contributed by atoms with E-state index in [4.69, 9.17) is 0 Å². The number of sulfonamides is 1. The first kappa shape index (κ1) is 23.4. The van der Waals surface area contributed by atoms with E-state index in [9.17, 15) is 13.2 Å². The standard InChI is InChI=1S/C23H23N9O3S/c33-22(27-18-3-5-19(6-4-18)36(34,35)30-23-24-11-1-12-25-23)17-9-15-31(16-10-17)20-7-8-21(29-28-20)32-14-2-13-26-32/h1-8,11-14,17H,9-10,15-16H2,(H,27,33)(H,24,25,30). The van der Waals surface area contributed by atoms with E-state index in [0.29, 0.717) is 37.4 Å². The fourth-order valence-electron chi connectivity index (χ4n) is 3.88. The van der Waals surface area contributed by atoms with Crippen molar-refractivity contribution >= 4 is 33.4 Å². The van der Waals surface area contributed by atoms with Crippen LogP contribution in [0.1, 0.15) is 12.8 Å². The molecule has 4 aromatic rings. The molecule has 184 valence electrons. The Balaban J connectivity index is 1.14. The zero-order valence-electron chi connectivity index (χ0n) is 19.1. The van der Waals surface area contributed by atoms with Gasteiger partial charge in [0.2, 0.25) is 11.9 Å². The van der Waals surface area contributed by atoms with Crippen LogP contribution in [0.25, 0.3) is 5.82 Å². The van der Waals surface area contributed by atoms with Gasteiger partial charge in [-0.2, -0.15) is 5.10 Å². The van der Waals surface area contributed by atoms with Gasteiger partial charge < -0.3 is 10.2 Å². The molecule has 4 heterocycles. The molecule has 0 atom stereocenters. The van der Waals surface area contributed by atoms with Gasteiger partial charge in [0.05, 0.1) is 4.90 Å². The Bertz CT molecular complexity index is 1400. The lowest BCUT2D eigenvalue weighted by Gasteiger charge is -2.31. The Kier molecular flexibility index (Phi) is 6.54. The fraction of sp³-hybridized carbons (Fsp3) is 0.217. The second-order valence-corrected chi connectivity index (χ2v) is 9.84. The van der Waals surface area contributed by atoms with Crippen molar-refractivity contribution < 1.29 is 13.2 Å². The maximum Gasteiger partial charge on any atom is 0.264 e. The van der Waals surface area contributed by atoms with E-state index in [2.05, 4.69) is 40.2 Å². The molecule has 12 nitrogen and oxygen atoms in total. The van der Waals surface area contributed by atoms with Crippen molar-refractivity contribution in [2.45, 2.75) is 17.7 Å². The molecule has 0 radical (unpaired) electrons. The number of hydrogen-bond acceptors (Lipinski definition) is 9. The van der Waals surface area contributed by atoms with Gasteiger partial charge >= 0.3 is 0 Å². The molecule has 0 spiro atoms. The number of piperidine rings is 1. The van der Waals surface area contributed by atoms with Gasteiger partial charge in [-0.05, 0) is 61.4 Å². The lowest BCUT2D eigenvalue weighted by Crippen LogP contribution is -2.38. The molecule has 1 saturated heterocycles. The van der Waals surface area contributed by atoms with Crippen LogP contribution >= 0.6 is 0 Å². The third-order valence-corrected chi connectivity index (χ3v) is 7.13. The molecular formula is C23H23N9O3S. The Morgan fingerprint density at radius 2 is 1.58 bits per heavy atom. The molecule has 1 aliphatic rings. The van der Waals surface area contributed by atoms with E-state index >= 15 is 0 Å². The quantitative estimate of drug-likeness (QED) is 0.385. The average molecular weight is 506 g/mol. The van der Waals surface area contributed by atoms with Crippen LogP contribution in [0.15, 0.2) is 78.2 Å². The average Bonchev–Trinajstić information content (AvgIpc) is 3.45. The Morgan fingerprint density at radius 3 is 2.22 bits per heavy atom. The Morgan fingerprint density at radius 1 is 0.889 bits per heavy atom. The van der Waals surface area contributed by atoms with Gasteiger partial charge in [-0.15, -0.1) is 10.2 Å². The number of rotatable bonds is 7. The van der Waals surface area contributed by atoms with Crippen LogP contribution in [0.3, 0.4) is 0 Å². The summed E-state index contributed by atoms with van der Waals surface area (Å²) < 4.78 is 29.0. The second-order valence-electron chi connectivity index (χ2n) is 8.15. The highest BCUT2D eigenvalue weighted by Crippen LogP contribution is 2.24. The van der Waals surface area contributed by atoms with E-state index in [1.807, 2.05) is 18.2 Å². The van der Waals surface area contributed by atoms with Gasteiger partial charge in [-0.25, -0.2) is 27.8 Å². The molecule has 1 fully saturated rings. The van der Waals surface area contributed by atoms with Gasteiger partial charge in [0.25, 0.3) is 10.0 Å². The lowest BCUT2D eigenvalue weighted by atomic mass is 9.96. The number of aromatic nitrogens is 6. The predicted octanol–water partition coefficient (Wildman–Crippen LogP) is 2.11. The van der Waals surface area contributed by atoms with Crippen molar-refractivity contribution in [1.29, 1.82) is 0 Å². The SMILES string of the molecule is O=C(Nc1ccc(S(=O)(=O)Nc2ncccn2)cc1)C1CCN(c2ccc(-n3cccn3)nn2)CC1. The summed E-state index contributed by atoms with van der Waals surface area (Å²) in [5.74, 6) is 1.14. The van der Waals surface area contributed by atoms with Gasteiger partial charge in [-0.3, -0.25) is 4.79 Å². The number of hydrogen-bond donors (Lipinski definition) is 2. The number of carbonyl (C=O) groups is 1. The zero-order valence-corrected chi connectivity index (χ0v) is 19.9. The van der Waals surface area contributed by atoms with Crippen LogP contribution < -0.4 is 14.9 Å². The third-order valence-electron chi connectivity index (χ3n) is 5.79. The van der Waals surface area contributed by atoms with Gasteiger partial charge in [0.15, 0.2) is 11.6 Å². The van der Waals surface area contributed by atoms with Gasteiger partial charge in [0.1, 0.15) is 0 Å². The normalized spacial score (nSPS) is 14.4. The number of carbonyl (C=O) groups excluding carboxylic acids is 1. The first-order valence-electron chi connectivity index (χ1n) is 11.3. The highest BCUT2D eigenvalue weighted by Gasteiger charge is 2.26. The highest BCUT2D eigenvalue weighted by atomic mass is 32.2. The smallest absolute Gasteiger partial charge is 0.264 e. The largest absolute Gasteiger partial charge is 0.355 e.